The number of hydrogen-bond donors (Lipinski definition) is 2. The van der Waals surface area contributed by atoms with Crippen LogP contribution in [-0.4, -0.2) is 31.0 Å². The van der Waals surface area contributed by atoms with Crippen LogP contribution in [0.1, 0.15) is 0 Å². The number of nitrogens with zero attached hydrogens (tertiary/aromatic N) is 2. The molecule has 2 heterocycles. The van der Waals surface area contributed by atoms with Crippen LogP contribution in [0.3, 0.4) is 0 Å². The molecule has 1 amide bonds. The Morgan fingerprint density at radius 1 is 1.07 bits per heavy atom. The van der Waals surface area contributed by atoms with Gasteiger partial charge in [0.2, 0.25) is 0 Å². The fraction of sp³-hybridized carbons (Fsp3) is 0.0526. The number of nitrogens with one attached hydrogen (secondary N) is 1. The number of phenols is 1. The predicted octanol–water partition coefficient (Wildman–Crippen LogP) is 2.44. The zero-order chi connectivity index (χ0) is 19.9. The van der Waals surface area contributed by atoms with Crippen molar-refractivity contribution in [3.05, 3.63) is 66.6 Å². The average molecular weight is 399 g/mol. The maximum absolute atomic E-state index is 15.2. The molecule has 3 aromatic rings. The number of phenolic OH excluding ortho intramolecular Hbond substituents is 1. The number of carbonyl (C=O) groups excluding carboxylic acids is 1. The molecule has 142 valence electrons. The maximum atomic E-state index is 15.2. The van der Waals surface area contributed by atoms with Gasteiger partial charge in [-0.2, -0.15) is 8.42 Å². The molecule has 7 nitrogen and oxygen atoms in total. The van der Waals surface area contributed by atoms with E-state index < -0.39 is 39.9 Å². The fourth-order valence-electron chi connectivity index (χ4n) is 3.03. The van der Waals surface area contributed by atoms with Gasteiger partial charge in [-0.25, -0.2) is 13.4 Å². The molecule has 2 aromatic carbocycles. The van der Waals surface area contributed by atoms with Crippen molar-refractivity contribution in [2.24, 2.45) is 0 Å². The van der Waals surface area contributed by atoms with Crippen molar-refractivity contribution < 1.29 is 22.7 Å². The van der Waals surface area contributed by atoms with Crippen LogP contribution in [-0.2, 0) is 15.0 Å². The standard InChI is InChI=1S/C19H14FN3O4S/c20-18-14(13-8-9-21-15(10-13)12-4-2-1-3-5-12)6-7-16(24)19(18)23-11-17(25)22-28(23,26)27/h1-10,24H,11H2,(H,22,25). The Morgan fingerprint density at radius 3 is 2.50 bits per heavy atom. The van der Waals surface area contributed by atoms with E-state index in [-0.39, 0.29) is 5.56 Å². The highest BCUT2D eigenvalue weighted by molar-refractivity contribution is 7.92. The molecule has 1 aromatic heterocycles. The third-order valence-corrected chi connectivity index (χ3v) is 5.68. The first kappa shape index (κ1) is 17.9. The van der Waals surface area contributed by atoms with Crippen LogP contribution < -0.4 is 9.03 Å². The van der Waals surface area contributed by atoms with Crippen LogP contribution in [0, 0.1) is 5.82 Å². The van der Waals surface area contributed by atoms with E-state index in [1.165, 1.54) is 18.3 Å². The van der Waals surface area contributed by atoms with Crippen LogP contribution in [0.2, 0.25) is 0 Å². The summed E-state index contributed by atoms with van der Waals surface area (Å²) in [6.07, 6.45) is 1.52. The van der Waals surface area contributed by atoms with Gasteiger partial charge < -0.3 is 5.11 Å². The van der Waals surface area contributed by atoms with Gasteiger partial charge in [-0.05, 0) is 29.8 Å². The van der Waals surface area contributed by atoms with E-state index in [0.717, 1.165) is 5.56 Å². The number of pyridine rings is 1. The van der Waals surface area contributed by atoms with Crippen LogP contribution in [0.4, 0.5) is 10.1 Å². The molecule has 2 N–H and O–H groups in total. The molecule has 0 aliphatic carbocycles. The van der Waals surface area contributed by atoms with E-state index in [2.05, 4.69) is 4.98 Å². The lowest BCUT2D eigenvalue weighted by Gasteiger charge is -2.18. The molecule has 0 bridgehead atoms. The first-order chi connectivity index (χ1) is 13.4. The van der Waals surface area contributed by atoms with Crippen LogP contribution >= 0.6 is 0 Å². The van der Waals surface area contributed by atoms with Gasteiger partial charge in [-0.3, -0.25) is 9.78 Å². The summed E-state index contributed by atoms with van der Waals surface area (Å²) in [7, 11) is -4.26. The Morgan fingerprint density at radius 2 is 1.82 bits per heavy atom. The van der Waals surface area contributed by atoms with Gasteiger partial charge in [0.15, 0.2) is 5.82 Å². The zero-order valence-corrected chi connectivity index (χ0v) is 15.1. The summed E-state index contributed by atoms with van der Waals surface area (Å²) in [5.74, 6) is -2.34. The highest BCUT2D eigenvalue weighted by Crippen LogP contribution is 2.39. The summed E-state index contributed by atoms with van der Waals surface area (Å²) in [6.45, 7) is -0.609. The molecule has 1 saturated heterocycles. The molecule has 0 saturated carbocycles. The molecule has 4 rings (SSSR count). The van der Waals surface area contributed by atoms with Gasteiger partial charge >= 0.3 is 10.2 Å². The second-order valence-corrected chi connectivity index (χ2v) is 7.72. The maximum Gasteiger partial charge on any atom is 0.326 e. The second-order valence-electron chi connectivity index (χ2n) is 6.13. The number of rotatable bonds is 3. The summed E-state index contributed by atoms with van der Waals surface area (Å²) < 4.78 is 41.7. The molecule has 28 heavy (non-hydrogen) atoms. The molecular weight excluding hydrogens is 385 g/mol. The summed E-state index contributed by atoms with van der Waals surface area (Å²) in [4.78, 5) is 15.8. The number of aromatic hydroxyl groups is 1. The molecule has 0 atom stereocenters. The lowest BCUT2D eigenvalue weighted by Crippen LogP contribution is -2.30. The topological polar surface area (TPSA) is 99.6 Å². The Balaban J connectivity index is 1.84. The Hall–Kier alpha value is -3.46. The van der Waals surface area contributed by atoms with E-state index in [4.69, 9.17) is 0 Å². The molecule has 1 aliphatic rings. The quantitative estimate of drug-likeness (QED) is 0.705. The minimum Gasteiger partial charge on any atom is -0.506 e. The molecular formula is C19H14FN3O4S. The van der Waals surface area contributed by atoms with Gasteiger partial charge in [0.25, 0.3) is 5.91 Å². The number of halogens is 1. The second kappa shape index (κ2) is 6.61. The van der Waals surface area contributed by atoms with Gasteiger partial charge in [0.05, 0.1) is 5.69 Å². The monoisotopic (exact) mass is 399 g/mol. The lowest BCUT2D eigenvalue weighted by molar-refractivity contribution is -0.117. The summed E-state index contributed by atoms with van der Waals surface area (Å²) in [6, 6.07) is 15.1. The van der Waals surface area contributed by atoms with Gasteiger partial charge in [0.1, 0.15) is 18.0 Å². The van der Waals surface area contributed by atoms with E-state index in [0.29, 0.717) is 15.6 Å². The summed E-state index contributed by atoms with van der Waals surface area (Å²) >= 11 is 0. The Labute approximate surface area is 160 Å². The van der Waals surface area contributed by atoms with Crippen molar-refractivity contribution >= 4 is 21.8 Å². The van der Waals surface area contributed by atoms with E-state index in [1.54, 1.807) is 16.9 Å². The molecule has 0 spiro atoms. The number of aromatic nitrogens is 1. The lowest BCUT2D eigenvalue weighted by atomic mass is 10.0. The number of benzene rings is 2. The minimum absolute atomic E-state index is 0.0712. The normalized spacial score (nSPS) is 15.5. The van der Waals surface area contributed by atoms with Gasteiger partial charge in [0, 0.05) is 17.3 Å². The summed E-state index contributed by atoms with van der Waals surface area (Å²) in [5, 5.41) is 10.1. The third kappa shape index (κ3) is 3.05. The van der Waals surface area contributed by atoms with Crippen LogP contribution in [0.25, 0.3) is 22.4 Å². The molecule has 1 fully saturated rings. The zero-order valence-electron chi connectivity index (χ0n) is 14.3. The third-order valence-electron chi connectivity index (χ3n) is 4.30. The van der Waals surface area contributed by atoms with Gasteiger partial charge in [-0.15, -0.1) is 0 Å². The number of anilines is 1. The Kier molecular flexibility index (Phi) is 4.23. The van der Waals surface area contributed by atoms with E-state index >= 15 is 4.39 Å². The Bertz CT molecular complexity index is 1180. The van der Waals surface area contributed by atoms with Crippen molar-refractivity contribution in [3.8, 4) is 28.1 Å². The molecule has 1 aliphatic heterocycles. The summed E-state index contributed by atoms with van der Waals surface area (Å²) in [5.41, 5.74) is 1.39. The number of amides is 1. The van der Waals surface area contributed by atoms with Gasteiger partial charge in [-0.1, -0.05) is 30.3 Å². The molecule has 9 heteroatoms. The first-order valence-corrected chi connectivity index (χ1v) is 9.67. The van der Waals surface area contributed by atoms with Crippen molar-refractivity contribution in [3.63, 3.8) is 0 Å². The minimum atomic E-state index is -4.26. The van der Waals surface area contributed by atoms with E-state index in [9.17, 15) is 18.3 Å². The predicted molar refractivity (Wildman–Crippen MR) is 101 cm³/mol. The smallest absolute Gasteiger partial charge is 0.326 e. The largest absolute Gasteiger partial charge is 0.506 e. The highest BCUT2D eigenvalue weighted by atomic mass is 32.2. The van der Waals surface area contributed by atoms with Crippen molar-refractivity contribution in [2.75, 3.05) is 10.8 Å². The molecule has 0 unspecified atom stereocenters. The van der Waals surface area contributed by atoms with E-state index in [1.807, 2.05) is 30.3 Å². The van der Waals surface area contributed by atoms with Crippen LogP contribution in [0.15, 0.2) is 60.8 Å². The highest BCUT2D eigenvalue weighted by Gasteiger charge is 2.38. The fourth-order valence-corrected chi connectivity index (χ4v) is 4.19. The van der Waals surface area contributed by atoms with Crippen LogP contribution in [0.5, 0.6) is 5.75 Å². The van der Waals surface area contributed by atoms with Crippen molar-refractivity contribution in [1.82, 2.24) is 9.71 Å². The van der Waals surface area contributed by atoms with Crippen molar-refractivity contribution in [2.45, 2.75) is 0 Å². The number of hydrogen-bond acceptors (Lipinski definition) is 5. The SMILES string of the molecule is O=C1CN(c2c(O)ccc(-c3ccnc(-c4ccccc4)c3)c2F)S(=O)(=O)N1. The number of carbonyl (C=O) groups is 1. The average Bonchev–Trinajstić information content (AvgIpc) is 2.95. The molecule has 0 radical (unpaired) electrons. The van der Waals surface area contributed by atoms with Crippen molar-refractivity contribution in [1.29, 1.82) is 0 Å². The first-order valence-electron chi connectivity index (χ1n) is 8.23.